The Kier molecular flexibility index (Phi) is 6.65. The molecule has 0 aromatic carbocycles. The minimum Gasteiger partial charge on any atom is -0.313 e. The maximum atomic E-state index is 11.7. The molecule has 2 atom stereocenters. The van der Waals surface area contributed by atoms with Crippen LogP contribution in [0.4, 0.5) is 0 Å². The van der Waals surface area contributed by atoms with Gasteiger partial charge in [-0.05, 0) is 33.2 Å². The average Bonchev–Trinajstić information content (AvgIpc) is 2.71. The van der Waals surface area contributed by atoms with Crippen molar-refractivity contribution in [3.8, 4) is 0 Å². The molecule has 1 heterocycles. The Morgan fingerprint density at radius 1 is 1.37 bits per heavy atom. The van der Waals surface area contributed by atoms with Gasteiger partial charge in [-0.2, -0.15) is 0 Å². The van der Waals surface area contributed by atoms with E-state index >= 15 is 0 Å². The summed E-state index contributed by atoms with van der Waals surface area (Å²) in [6, 6.07) is 0.571. The number of thioether (sulfide) groups is 1. The van der Waals surface area contributed by atoms with Gasteiger partial charge >= 0.3 is 5.69 Å². The minimum atomic E-state index is -0.126. The number of aromatic amines is 1. The first-order valence-electron chi connectivity index (χ1n) is 7.08. The number of rotatable bonds is 8. The molecule has 2 N–H and O–H groups in total. The molecule has 5 nitrogen and oxygen atoms in total. The van der Waals surface area contributed by atoms with Crippen molar-refractivity contribution in [2.24, 2.45) is 0 Å². The Morgan fingerprint density at radius 3 is 2.58 bits per heavy atom. The molecule has 0 aliphatic rings. The molecule has 0 saturated heterocycles. The lowest BCUT2D eigenvalue weighted by Gasteiger charge is -2.23. The Morgan fingerprint density at radius 2 is 2.05 bits per heavy atom. The lowest BCUT2D eigenvalue weighted by molar-refractivity contribution is 0.489. The van der Waals surface area contributed by atoms with Crippen molar-refractivity contribution in [1.29, 1.82) is 0 Å². The fourth-order valence-corrected chi connectivity index (χ4v) is 3.34. The van der Waals surface area contributed by atoms with Crippen LogP contribution in [-0.4, -0.2) is 32.6 Å². The van der Waals surface area contributed by atoms with E-state index in [9.17, 15) is 4.79 Å². The van der Waals surface area contributed by atoms with E-state index in [1.807, 2.05) is 13.8 Å². The molecule has 2 unspecified atom stereocenters. The van der Waals surface area contributed by atoms with Crippen molar-refractivity contribution in [1.82, 2.24) is 20.1 Å². The monoisotopic (exact) mass is 286 g/mol. The molecule has 1 aromatic heterocycles. The van der Waals surface area contributed by atoms with Crippen LogP contribution in [0.3, 0.4) is 0 Å². The Bertz CT molecular complexity index is 427. The van der Waals surface area contributed by atoms with Gasteiger partial charge in [0, 0.05) is 17.3 Å². The molecule has 0 amide bonds. The molecule has 0 aliphatic heterocycles. The fourth-order valence-electron chi connectivity index (χ4n) is 2.05. The van der Waals surface area contributed by atoms with E-state index in [1.54, 1.807) is 16.3 Å². The number of nitrogens with zero attached hydrogens (tertiary/aromatic N) is 2. The minimum absolute atomic E-state index is 0.126. The third-order valence-corrected chi connectivity index (χ3v) is 4.34. The molecule has 0 bridgehead atoms. The molecule has 0 spiro atoms. The van der Waals surface area contributed by atoms with E-state index < -0.39 is 0 Å². The topological polar surface area (TPSA) is 62.7 Å². The summed E-state index contributed by atoms with van der Waals surface area (Å²) < 4.78 is 1.72. The number of H-pyrrole nitrogens is 1. The normalized spacial score (nSPS) is 14.8. The second-order valence-electron chi connectivity index (χ2n) is 5.07. The molecule has 110 valence electrons. The first-order chi connectivity index (χ1) is 9.01. The van der Waals surface area contributed by atoms with Crippen LogP contribution in [0, 0.1) is 0 Å². The maximum absolute atomic E-state index is 11.7. The van der Waals surface area contributed by atoms with Gasteiger partial charge < -0.3 is 5.32 Å². The van der Waals surface area contributed by atoms with Gasteiger partial charge in [0.1, 0.15) is 0 Å². The molecule has 19 heavy (non-hydrogen) atoms. The molecular weight excluding hydrogens is 260 g/mol. The van der Waals surface area contributed by atoms with Crippen molar-refractivity contribution in [3.05, 3.63) is 10.5 Å². The lowest BCUT2D eigenvalue weighted by atomic mass is 10.1. The van der Waals surface area contributed by atoms with Crippen LogP contribution in [0.25, 0.3) is 0 Å². The Labute approximate surface area is 119 Å². The van der Waals surface area contributed by atoms with Crippen LogP contribution in [0.2, 0.25) is 0 Å². The highest BCUT2D eigenvalue weighted by Crippen LogP contribution is 2.25. The highest BCUT2D eigenvalue weighted by Gasteiger charge is 2.20. The van der Waals surface area contributed by atoms with Gasteiger partial charge in [-0.25, -0.2) is 9.89 Å². The summed E-state index contributed by atoms with van der Waals surface area (Å²) in [4.78, 5) is 11.7. The first-order valence-corrected chi connectivity index (χ1v) is 7.96. The molecule has 6 heteroatoms. The summed E-state index contributed by atoms with van der Waals surface area (Å²) in [7, 11) is 0. The summed E-state index contributed by atoms with van der Waals surface area (Å²) in [6.07, 6.45) is 2.21. The zero-order valence-electron chi connectivity index (χ0n) is 12.6. The van der Waals surface area contributed by atoms with Crippen LogP contribution in [-0.2, 0) is 0 Å². The van der Waals surface area contributed by atoms with Crippen LogP contribution in [0.1, 0.15) is 53.5 Å². The Balaban J connectivity index is 2.75. The van der Waals surface area contributed by atoms with Gasteiger partial charge in [0.15, 0.2) is 5.16 Å². The number of aromatic nitrogens is 3. The quantitative estimate of drug-likeness (QED) is 0.720. The summed E-state index contributed by atoms with van der Waals surface area (Å²) in [5, 5.41) is 11.4. The van der Waals surface area contributed by atoms with E-state index in [-0.39, 0.29) is 11.7 Å². The van der Waals surface area contributed by atoms with Crippen molar-refractivity contribution < 1.29 is 0 Å². The van der Waals surface area contributed by atoms with Crippen LogP contribution < -0.4 is 11.0 Å². The summed E-state index contributed by atoms with van der Waals surface area (Å²) in [6.45, 7) is 11.6. The summed E-state index contributed by atoms with van der Waals surface area (Å²) >= 11 is 1.66. The predicted molar refractivity (Wildman–Crippen MR) is 80.9 cm³/mol. The van der Waals surface area contributed by atoms with Crippen LogP contribution >= 0.6 is 11.8 Å². The lowest BCUT2D eigenvalue weighted by Crippen LogP contribution is -2.36. The average molecular weight is 286 g/mol. The van der Waals surface area contributed by atoms with Gasteiger partial charge in [-0.3, -0.25) is 4.57 Å². The summed E-state index contributed by atoms with van der Waals surface area (Å²) in [5.74, 6) is 0. The second kappa shape index (κ2) is 7.75. The van der Waals surface area contributed by atoms with Crippen molar-refractivity contribution in [2.75, 3.05) is 6.54 Å². The fraction of sp³-hybridized carbons (Fsp3) is 0.846. The smallest absolute Gasteiger partial charge is 0.313 e. The van der Waals surface area contributed by atoms with Gasteiger partial charge in [0.2, 0.25) is 0 Å². The SMILES string of the molecule is CCCNC(CC)C(C)Sc1n[nH]c(=O)n1C(C)C. The van der Waals surface area contributed by atoms with Gasteiger partial charge in [-0.1, -0.05) is 32.5 Å². The van der Waals surface area contributed by atoms with Crippen molar-refractivity contribution in [3.63, 3.8) is 0 Å². The number of hydrogen-bond donors (Lipinski definition) is 2. The van der Waals surface area contributed by atoms with Gasteiger partial charge in [0.05, 0.1) is 0 Å². The zero-order chi connectivity index (χ0) is 14.4. The highest BCUT2D eigenvalue weighted by atomic mass is 32.2. The Hall–Kier alpha value is -0.750. The standard InChI is InChI=1S/C13H26N4OS/c1-6-8-14-11(7-2)10(5)19-13-16-15-12(18)17(13)9(3)4/h9-11,14H,6-8H2,1-5H3,(H,15,18). The third kappa shape index (κ3) is 4.38. The third-order valence-electron chi connectivity index (χ3n) is 3.14. The molecule has 0 aliphatic carbocycles. The van der Waals surface area contributed by atoms with E-state index in [0.717, 1.165) is 24.5 Å². The van der Waals surface area contributed by atoms with E-state index in [4.69, 9.17) is 0 Å². The second-order valence-corrected chi connectivity index (χ2v) is 6.41. The first kappa shape index (κ1) is 16.3. The van der Waals surface area contributed by atoms with Crippen molar-refractivity contribution in [2.45, 2.75) is 70.0 Å². The zero-order valence-corrected chi connectivity index (χ0v) is 13.4. The largest absolute Gasteiger partial charge is 0.344 e. The predicted octanol–water partition coefficient (Wildman–Crippen LogP) is 2.41. The van der Waals surface area contributed by atoms with Crippen molar-refractivity contribution >= 4 is 11.8 Å². The molecule has 1 rings (SSSR count). The highest BCUT2D eigenvalue weighted by molar-refractivity contribution is 7.99. The molecular formula is C13H26N4OS. The number of nitrogens with one attached hydrogen (secondary N) is 2. The van der Waals surface area contributed by atoms with Crippen LogP contribution in [0.15, 0.2) is 9.95 Å². The number of hydrogen-bond acceptors (Lipinski definition) is 4. The summed E-state index contributed by atoms with van der Waals surface area (Å²) in [5.41, 5.74) is -0.126. The van der Waals surface area contributed by atoms with Crippen LogP contribution in [0.5, 0.6) is 0 Å². The van der Waals surface area contributed by atoms with E-state index in [0.29, 0.717) is 11.3 Å². The maximum Gasteiger partial charge on any atom is 0.344 e. The van der Waals surface area contributed by atoms with Gasteiger partial charge in [0.25, 0.3) is 0 Å². The van der Waals surface area contributed by atoms with E-state index in [2.05, 4.69) is 36.3 Å². The van der Waals surface area contributed by atoms with Gasteiger partial charge in [-0.15, -0.1) is 5.10 Å². The molecule has 0 fully saturated rings. The van der Waals surface area contributed by atoms with E-state index in [1.165, 1.54) is 0 Å². The molecule has 0 radical (unpaired) electrons. The molecule has 0 saturated carbocycles. The molecule has 1 aromatic rings.